The number of amides is 1. The highest BCUT2D eigenvalue weighted by Gasteiger charge is 2.26. The summed E-state index contributed by atoms with van der Waals surface area (Å²) in [5.41, 5.74) is 2.22. The first kappa shape index (κ1) is 17.4. The highest BCUT2D eigenvalue weighted by Crippen LogP contribution is 2.23. The van der Waals surface area contributed by atoms with E-state index in [4.69, 9.17) is 0 Å². The molecule has 1 aromatic rings. The molecule has 2 aliphatic rings. The van der Waals surface area contributed by atoms with Gasteiger partial charge in [0.1, 0.15) is 0 Å². The third kappa shape index (κ3) is 4.58. The Labute approximate surface area is 145 Å². The Balaban J connectivity index is 1.43. The van der Waals surface area contributed by atoms with Crippen molar-refractivity contribution < 1.29 is 9.90 Å². The fraction of sp³-hybridized carbons (Fsp3) is 0.650. The van der Waals surface area contributed by atoms with Gasteiger partial charge in [-0.25, -0.2) is 0 Å². The number of aryl methyl sites for hydroxylation is 1. The summed E-state index contributed by atoms with van der Waals surface area (Å²) < 4.78 is 0. The molecule has 2 saturated heterocycles. The molecule has 0 aromatic heterocycles. The molecule has 2 fully saturated rings. The molecule has 1 amide bonds. The molecule has 1 atom stereocenters. The molecule has 1 N–H and O–H groups in total. The number of rotatable bonds is 5. The maximum atomic E-state index is 11.9. The van der Waals surface area contributed by atoms with Crippen LogP contribution in [0.5, 0.6) is 0 Å². The molecule has 4 heteroatoms. The maximum absolute atomic E-state index is 11.9. The van der Waals surface area contributed by atoms with Gasteiger partial charge in [-0.05, 0) is 57.2 Å². The van der Waals surface area contributed by atoms with E-state index in [0.717, 1.165) is 63.8 Å². The van der Waals surface area contributed by atoms with Crippen LogP contribution in [0.2, 0.25) is 0 Å². The van der Waals surface area contributed by atoms with E-state index in [9.17, 15) is 9.90 Å². The van der Waals surface area contributed by atoms with E-state index in [0.29, 0.717) is 18.4 Å². The summed E-state index contributed by atoms with van der Waals surface area (Å²) in [6, 6.07) is 8.16. The van der Waals surface area contributed by atoms with Crippen molar-refractivity contribution in [2.24, 2.45) is 5.92 Å². The first-order chi connectivity index (χ1) is 11.6. The number of nitrogens with zero attached hydrogens (tertiary/aromatic N) is 2. The van der Waals surface area contributed by atoms with Crippen molar-refractivity contribution in [2.75, 3.05) is 32.7 Å². The van der Waals surface area contributed by atoms with Crippen LogP contribution < -0.4 is 0 Å². The zero-order valence-electron chi connectivity index (χ0n) is 14.8. The van der Waals surface area contributed by atoms with Crippen LogP contribution in [0.3, 0.4) is 0 Å². The topological polar surface area (TPSA) is 43.8 Å². The van der Waals surface area contributed by atoms with Crippen molar-refractivity contribution in [2.45, 2.75) is 45.1 Å². The van der Waals surface area contributed by atoms with E-state index in [1.165, 1.54) is 5.56 Å². The van der Waals surface area contributed by atoms with Crippen LogP contribution in [0.15, 0.2) is 24.3 Å². The molecule has 132 valence electrons. The van der Waals surface area contributed by atoms with Crippen molar-refractivity contribution in [1.82, 2.24) is 9.80 Å². The summed E-state index contributed by atoms with van der Waals surface area (Å²) >= 11 is 0. The maximum Gasteiger partial charge on any atom is 0.222 e. The quantitative estimate of drug-likeness (QED) is 0.903. The van der Waals surface area contributed by atoms with Gasteiger partial charge in [0.05, 0.1) is 6.10 Å². The number of benzene rings is 1. The number of aliphatic hydroxyl groups excluding tert-OH is 1. The minimum atomic E-state index is -0.411. The van der Waals surface area contributed by atoms with Gasteiger partial charge in [0, 0.05) is 26.1 Å². The molecule has 0 aliphatic carbocycles. The molecule has 1 aromatic carbocycles. The number of likely N-dealkylation sites (tertiary alicyclic amines) is 2. The third-order valence-corrected chi connectivity index (χ3v) is 5.50. The zero-order valence-corrected chi connectivity index (χ0v) is 14.8. The first-order valence-electron chi connectivity index (χ1n) is 9.36. The van der Waals surface area contributed by atoms with Crippen molar-refractivity contribution in [3.05, 3.63) is 35.4 Å². The van der Waals surface area contributed by atoms with Crippen LogP contribution in [-0.2, 0) is 4.79 Å². The number of hydrogen-bond acceptors (Lipinski definition) is 3. The average Bonchev–Trinajstić information content (AvgIpc) is 2.59. The van der Waals surface area contributed by atoms with Crippen molar-refractivity contribution in [3.8, 4) is 0 Å². The second-order valence-electron chi connectivity index (χ2n) is 7.47. The number of hydrogen-bond donors (Lipinski definition) is 1. The van der Waals surface area contributed by atoms with E-state index in [1.807, 2.05) is 12.1 Å². The standard InChI is InChI=1S/C20H30N2O2/c1-16-5-7-18(8-6-16)19(23)15-21-12-9-17(10-13-21)14-22-11-3-2-4-20(22)24/h5-8,17,19,23H,2-4,9-15H2,1H3. The smallest absolute Gasteiger partial charge is 0.222 e. The van der Waals surface area contributed by atoms with E-state index in [2.05, 4.69) is 28.9 Å². The number of aliphatic hydroxyl groups is 1. The van der Waals surface area contributed by atoms with E-state index in [-0.39, 0.29) is 0 Å². The van der Waals surface area contributed by atoms with Crippen LogP contribution in [0.1, 0.15) is 49.3 Å². The van der Waals surface area contributed by atoms with Gasteiger partial charge in [-0.15, -0.1) is 0 Å². The number of carbonyl (C=O) groups excluding carboxylic acids is 1. The van der Waals surface area contributed by atoms with E-state index in [1.54, 1.807) is 0 Å². The molecule has 0 saturated carbocycles. The predicted octanol–water partition coefficient (Wildman–Crippen LogP) is 2.75. The fourth-order valence-corrected chi connectivity index (χ4v) is 3.86. The normalized spacial score (nSPS) is 21.9. The highest BCUT2D eigenvalue weighted by atomic mass is 16.3. The molecule has 1 unspecified atom stereocenters. The lowest BCUT2D eigenvalue weighted by molar-refractivity contribution is -0.134. The van der Waals surface area contributed by atoms with Crippen LogP contribution >= 0.6 is 0 Å². The average molecular weight is 330 g/mol. The van der Waals surface area contributed by atoms with Crippen LogP contribution in [0, 0.1) is 12.8 Å². The lowest BCUT2D eigenvalue weighted by Gasteiger charge is -2.36. The van der Waals surface area contributed by atoms with E-state index < -0.39 is 6.10 Å². The third-order valence-electron chi connectivity index (χ3n) is 5.50. The summed E-state index contributed by atoms with van der Waals surface area (Å²) in [5, 5.41) is 10.4. The molecule has 2 aliphatic heterocycles. The Kier molecular flexibility index (Phi) is 5.90. The summed E-state index contributed by atoms with van der Waals surface area (Å²) in [5.74, 6) is 0.971. The van der Waals surface area contributed by atoms with E-state index >= 15 is 0 Å². The molecule has 0 radical (unpaired) electrons. The molecule has 0 spiro atoms. The van der Waals surface area contributed by atoms with Crippen LogP contribution in [0.4, 0.5) is 0 Å². The molecular weight excluding hydrogens is 300 g/mol. The molecule has 3 rings (SSSR count). The summed E-state index contributed by atoms with van der Waals surface area (Å²) in [6.45, 7) is 6.70. The Morgan fingerprint density at radius 2 is 1.83 bits per heavy atom. The lowest BCUT2D eigenvalue weighted by atomic mass is 9.94. The van der Waals surface area contributed by atoms with Gasteiger partial charge >= 0.3 is 0 Å². The summed E-state index contributed by atoms with van der Waals surface area (Å²) in [6.07, 6.45) is 4.81. The number of carbonyl (C=O) groups is 1. The highest BCUT2D eigenvalue weighted by molar-refractivity contribution is 5.76. The molecule has 0 bridgehead atoms. The SMILES string of the molecule is Cc1ccc(C(O)CN2CCC(CN3CCCCC3=O)CC2)cc1. The molecule has 24 heavy (non-hydrogen) atoms. The Morgan fingerprint density at radius 3 is 2.50 bits per heavy atom. The second-order valence-corrected chi connectivity index (χ2v) is 7.47. The largest absolute Gasteiger partial charge is 0.387 e. The van der Waals surface area contributed by atoms with Gasteiger partial charge in [-0.2, -0.15) is 0 Å². The molecule has 4 nitrogen and oxygen atoms in total. The Morgan fingerprint density at radius 1 is 1.12 bits per heavy atom. The van der Waals surface area contributed by atoms with Gasteiger partial charge < -0.3 is 14.9 Å². The van der Waals surface area contributed by atoms with Crippen LogP contribution in [0.25, 0.3) is 0 Å². The monoisotopic (exact) mass is 330 g/mol. The minimum absolute atomic E-state index is 0.346. The predicted molar refractivity (Wildman–Crippen MR) is 95.7 cm³/mol. The van der Waals surface area contributed by atoms with Crippen molar-refractivity contribution in [3.63, 3.8) is 0 Å². The molecular formula is C20H30N2O2. The Bertz CT molecular complexity index is 535. The number of β-amino-alcohol motifs (C(OH)–C–C–N with tert-alkyl or cyclic N) is 1. The van der Waals surface area contributed by atoms with Gasteiger partial charge in [0.25, 0.3) is 0 Å². The number of piperidine rings is 2. The van der Waals surface area contributed by atoms with Gasteiger partial charge in [0.15, 0.2) is 0 Å². The first-order valence-corrected chi connectivity index (χ1v) is 9.36. The van der Waals surface area contributed by atoms with Gasteiger partial charge in [-0.3, -0.25) is 4.79 Å². The lowest BCUT2D eigenvalue weighted by Crippen LogP contribution is -2.43. The molecule has 2 heterocycles. The van der Waals surface area contributed by atoms with Gasteiger partial charge in [-0.1, -0.05) is 29.8 Å². The fourth-order valence-electron chi connectivity index (χ4n) is 3.86. The second kappa shape index (κ2) is 8.13. The van der Waals surface area contributed by atoms with Crippen molar-refractivity contribution in [1.29, 1.82) is 0 Å². The van der Waals surface area contributed by atoms with Crippen molar-refractivity contribution >= 4 is 5.91 Å². The Hall–Kier alpha value is -1.39. The summed E-state index contributed by atoms with van der Waals surface area (Å²) in [7, 11) is 0. The van der Waals surface area contributed by atoms with Crippen LogP contribution in [-0.4, -0.2) is 53.5 Å². The van der Waals surface area contributed by atoms with Gasteiger partial charge in [0.2, 0.25) is 5.91 Å². The minimum Gasteiger partial charge on any atom is -0.387 e. The summed E-state index contributed by atoms with van der Waals surface area (Å²) in [4.78, 5) is 16.4. The zero-order chi connectivity index (χ0) is 16.9.